The molecule has 0 saturated heterocycles. The number of likely N-dealkylation sites (N-methyl/N-ethyl adjacent to an activating group) is 1. The standard InChI is InChI=1S/C14H17N3O/c1-2-17(10-8-15)14(18)12-7-9-16-13-6-4-3-5-11(12)13/h3-7,9H,2,8,10,15H2,1H3. The predicted molar refractivity (Wildman–Crippen MR) is 72.4 cm³/mol. The normalized spacial score (nSPS) is 10.6. The minimum Gasteiger partial charge on any atom is -0.338 e. The van der Waals surface area contributed by atoms with Crippen molar-refractivity contribution in [1.29, 1.82) is 0 Å². The second-order valence-electron chi connectivity index (χ2n) is 4.05. The monoisotopic (exact) mass is 243 g/mol. The van der Waals surface area contributed by atoms with Crippen LogP contribution in [0, 0.1) is 0 Å². The number of amides is 1. The molecule has 1 aromatic carbocycles. The number of carbonyl (C=O) groups is 1. The quantitative estimate of drug-likeness (QED) is 0.888. The Labute approximate surface area is 106 Å². The topological polar surface area (TPSA) is 59.2 Å². The number of carbonyl (C=O) groups excluding carboxylic acids is 1. The van der Waals surface area contributed by atoms with Crippen LogP contribution in [0.15, 0.2) is 36.5 Å². The molecule has 0 aliphatic heterocycles. The Kier molecular flexibility index (Phi) is 3.89. The van der Waals surface area contributed by atoms with Gasteiger partial charge in [-0.15, -0.1) is 0 Å². The van der Waals surface area contributed by atoms with Gasteiger partial charge in [0.05, 0.1) is 11.1 Å². The second kappa shape index (κ2) is 5.60. The Hall–Kier alpha value is -1.94. The van der Waals surface area contributed by atoms with E-state index >= 15 is 0 Å². The molecule has 18 heavy (non-hydrogen) atoms. The minimum atomic E-state index is 0.0153. The molecule has 2 N–H and O–H groups in total. The number of para-hydroxylation sites is 1. The molecule has 0 saturated carbocycles. The van der Waals surface area contributed by atoms with Crippen LogP contribution in [0.5, 0.6) is 0 Å². The van der Waals surface area contributed by atoms with Crippen LogP contribution in [-0.2, 0) is 0 Å². The van der Waals surface area contributed by atoms with Gasteiger partial charge in [0.1, 0.15) is 0 Å². The third kappa shape index (κ3) is 2.33. The molecular formula is C14H17N3O. The van der Waals surface area contributed by atoms with Gasteiger partial charge in [0.25, 0.3) is 5.91 Å². The van der Waals surface area contributed by atoms with Crippen molar-refractivity contribution in [3.63, 3.8) is 0 Å². The number of benzene rings is 1. The van der Waals surface area contributed by atoms with Crippen LogP contribution in [-0.4, -0.2) is 35.4 Å². The molecule has 0 atom stereocenters. The summed E-state index contributed by atoms with van der Waals surface area (Å²) in [5.41, 5.74) is 7.06. The van der Waals surface area contributed by atoms with Crippen molar-refractivity contribution in [2.24, 2.45) is 5.73 Å². The van der Waals surface area contributed by atoms with Crippen molar-refractivity contribution < 1.29 is 4.79 Å². The summed E-state index contributed by atoms with van der Waals surface area (Å²) in [5, 5.41) is 0.889. The van der Waals surface area contributed by atoms with E-state index < -0.39 is 0 Å². The first-order valence-electron chi connectivity index (χ1n) is 6.11. The van der Waals surface area contributed by atoms with Crippen LogP contribution in [0.3, 0.4) is 0 Å². The number of nitrogens with two attached hydrogens (primary N) is 1. The molecule has 0 fully saturated rings. The van der Waals surface area contributed by atoms with E-state index in [1.807, 2.05) is 31.2 Å². The molecule has 0 spiro atoms. The number of rotatable bonds is 4. The number of hydrogen-bond donors (Lipinski definition) is 1. The molecule has 0 unspecified atom stereocenters. The molecule has 0 radical (unpaired) electrons. The first kappa shape index (κ1) is 12.5. The summed E-state index contributed by atoms with van der Waals surface area (Å²) in [4.78, 5) is 18.4. The Bertz CT molecular complexity index is 548. The second-order valence-corrected chi connectivity index (χ2v) is 4.05. The summed E-state index contributed by atoms with van der Waals surface area (Å²) in [6.07, 6.45) is 1.67. The van der Waals surface area contributed by atoms with Gasteiger partial charge in [-0.1, -0.05) is 18.2 Å². The zero-order chi connectivity index (χ0) is 13.0. The number of nitrogens with zero attached hydrogens (tertiary/aromatic N) is 2. The summed E-state index contributed by atoms with van der Waals surface area (Å²) in [7, 11) is 0. The molecule has 0 bridgehead atoms. The largest absolute Gasteiger partial charge is 0.338 e. The number of hydrogen-bond acceptors (Lipinski definition) is 3. The van der Waals surface area contributed by atoms with Crippen molar-refractivity contribution in [2.45, 2.75) is 6.92 Å². The van der Waals surface area contributed by atoms with Crippen LogP contribution in [0.4, 0.5) is 0 Å². The molecule has 0 aliphatic rings. The molecule has 0 aliphatic carbocycles. The Morgan fingerprint density at radius 1 is 1.33 bits per heavy atom. The Morgan fingerprint density at radius 3 is 2.83 bits per heavy atom. The van der Waals surface area contributed by atoms with Gasteiger partial charge in [-0.25, -0.2) is 0 Å². The average Bonchev–Trinajstić information content (AvgIpc) is 2.43. The third-order valence-corrected chi connectivity index (χ3v) is 2.95. The van der Waals surface area contributed by atoms with Crippen LogP contribution >= 0.6 is 0 Å². The molecule has 94 valence electrons. The van der Waals surface area contributed by atoms with Crippen LogP contribution < -0.4 is 5.73 Å². The average molecular weight is 243 g/mol. The lowest BCUT2D eigenvalue weighted by Gasteiger charge is -2.20. The van der Waals surface area contributed by atoms with Gasteiger partial charge in [0.15, 0.2) is 0 Å². The van der Waals surface area contributed by atoms with Crippen molar-refractivity contribution >= 4 is 16.8 Å². The highest BCUT2D eigenvalue weighted by Crippen LogP contribution is 2.17. The Balaban J connectivity index is 2.44. The summed E-state index contributed by atoms with van der Waals surface area (Å²) in [6.45, 7) is 3.66. The van der Waals surface area contributed by atoms with Crippen molar-refractivity contribution in [3.05, 3.63) is 42.1 Å². The lowest BCUT2D eigenvalue weighted by atomic mass is 10.1. The first-order valence-corrected chi connectivity index (χ1v) is 6.11. The van der Waals surface area contributed by atoms with E-state index in [-0.39, 0.29) is 5.91 Å². The van der Waals surface area contributed by atoms with E-state index in [0.717, 1.165) is 10.9 Å². The van der Waals surface area contributed by atoms with Crippen molar-refractivity contribution in [2.75, 3.05) is 19.6 Å². The minimum absolute atomic E-state index is 0.0153. The van der Waals surface area contributed by atoms with Crippen molar-refractivity contribution in [3.8, 4) is 0 Å². The van der Waals surface area contributed by atoms with Gasteiger partial charge in [-0.2, -0.15) is 0 Å². The molecule has 1 aromatic heterocycles. The zero-order valence-corrected chi connectivity index (χ0v) is 10.5. The van der Waals surface area contributed by atoms with Crippen LogP contribution in [0.2, 0.25) is 0 Å². The van der Waals surface area contributed by atoms with Crippen LogP contribution in [0.25, 0.3) is 10.9 Å². The van der Waals surface area contributed by atoms with Gasteiger partial charge in [-0.3, -0.25) is 9.78 Å². The third-order valence-electron chi connectivity index (χ3n) is 2.95. The van der Waals surface area contributed by atoms with Gasteiger partial charge in [-0.05, 0) is 19.1 Å². The van der Waals surface area contributed by atoms with Gasteiger partial charge in [0, 0.05) is 31.2 Å². The van der Waals surface area contributed by atoms with E-state index in [1.54, 1.807) is 17.2 Å². The van der Waals surface area contributed by atoms with E-state index in [4.69, 9.17) is 5.73 Å². The highest BCUT2D eigenvalue weighted by atomic mass is 16.2. The highest BCUT2D eigenvalue weighted by molar-refractivity contribution is 6.05. The summed E-state index contributed by atoms with van der Waals surface area (Å²) >= 11 is 0. The fraction of sp³-hybridized carbons (Fsp3) is 0.286. The van der Waals surface area contributed by atoms with Crippen molar-refractivity contribution in [1.82, 2.24) is 9.88 Å². The maximum Gasteiger partial charge on any atom is 0.254 e. The summed E-state index contributed by atoms with van der Waals surface area (Å²) in [6, 6.07) is 9.43. The lowest BCUT2D eigenvalue weighted by Crippen LogP contribution is -2.35. The molecule has 2 aromatic rings. The lowest BCUT2D eigenvalue weighted by molar-refractivity contribution is 0.0771. The van der Waals surface area contributed by atoms with E-state index in [0.29, 0.717) is 25.2 Å². The van der Waals surface area contributed by atoms with Gasteiger partial charge < -0.3 is 10.6 Å². The zero-order valence-electron chi connectivity index (χ0n) is 10.5. The summed E-state index contributed by atoms with van der Waals surface area (Å²) in [5.74, 6) is 0.0153. The maximum absolute atomic E-state index is 12.4. The van der Waals surface area contributed by atoms with Gasteiger partial charge in [0.2, 0.25) is 0 Å². The number of fused-ring (bicyclic) bond motifs is 1. The molecule has 4 heteroatoms. The molecule has 4 nitrogen and oxygen atoms in total. The molecule has 2 rings (SSSR count). The van der Waals surface area contributed by atoms with E-state index in [9.17, 15) is 4.79 Å². The first-order chi connectivity index (χ1) is 8.77. The molecule has 1 heterocycles. The fourth-order valence-corrected chi connectivity index (χ4v) is 2.01. The fourth-order valence-electron chi connectivity index (χ4n) is 2.01. The smallest absolute Gasteiger partial charge is 0.254 e. The molecule has 1 amide bonds. The highest BCUT2D eigenvalue weighted by Gasteiger charge is 2.15. The van der Waals surface area contributed by atoms with Gasteiger partial charge >= 0.3 is 0 Å². The summed E-state index contributed by atoms with van der Waals surface area (Å²) < 4.78 is 0. The maximum atomic E-state index is 12.4. The Morgan fingerprint density at radius 2 is 2.11 bits per heavy atom. The molecular weight excluding hydrogens is 226 g/mol. The van der Waals surface area contributed by atoms with Crippen LogP contribution in [0.1, 0.15) is 17.3 Å². The van der Waals surface area contributed by atoms with E-state index in [2.05, 4.69) is 4.98 Å². The SMILES string of the molecule is CCN(CCN)C(=O)c1ccnc2ccccc12. The number of pyridine rings is 1. The predicted octanol–water partition coefficient (Wildman–Crippen LogP) is 1.66. The number of aromatic nitrogens is 1. The van der Waals surface area contributed by atoms with E-state index in [1.165, 1.54) is 0 Å².